The number of allylic oxidation sites excluding steroid dienone is 1. The fourth-order valence-corrected chi connectivity index (χ4v) is 5.73. The normalized spacial score (nSPS) is 16.3. The average molecular weight is 617 g/mol. The first-order valence-corrected chi connectivity index (χ1v) is 15.1. The fourth-order valence-electron chi connectivity index (χ4n) is 5.16. The van der Waals surface area contributed by atoms with Gasteiger partial charge in [-0.1, -0.05) is 13.5 Å². The number of alkyl halides is 1. The highest BCUT2D eigenvalue weighted by Gasteiger charge is 2.33. The van der Waals surface area contributed by atoms with Crippen molar-refractivity contribution >= 4 is 41.1 Å². The van der Waals surface area contributed by atoms with Gasteiger partial charge < -0.3 is 15.1 Å². The minimum absolute atomic E-state index is 0.00260. The molecule has 1 atom stereocenters. The molecule has 0 bridgehead atoms. The van der Waals surface area contributed by atoms with E-state index in [1.54, 1.807) is 37.4 Å². The van der Waals surface area contributed by atoms with Crippen molar-refractivity contribution in [2.24, 2.45) is 7.05 Å². The van der Waals surface area contributed by atoms with Gasteiger partial charge in [0, 0.05) is 54.2 Å². The monoisotopic (exact) mass is 616 g/mol. The van der Waals surface area contributed by atoms with Gasteiger partial charge in [-0.15, -0.1) is 11.8 Å². The first-order chi connectivity index (χ1) is 20.4. The van der Waals surface area contributed by atoms with Gasteiger partial charge in [0.2, 0.25) is 0 Å². The predicted molar refractivity (Wildman–Crippen MR) is 167 cm³/mol. The summed E-state index contributed by atoms with van der Waals surface area (Å²) in [5.41, 5.74) is -1.20. The lowest BCUT2D eigenvalue weighted by Gasteiger charge is -2.38. The van der Waals surface area contributed by atoms with Crippen LogP contribution >= 0.6 is 11.8 Å². The number of benzene rings is 1. The molecule has 2 aromatic heterocycles. The van der Waals surface area contributed by atoms with Crippen LogP contribution in [0.1, 0.15) is 26.1 Å². The van der Waals surface area contributed by atoms with Gasteiger partial charge in [0.15, 0.2) is 5.82 Å². The van der Waals surface area contributed by atoms with Crippen molar-refractivity contribution in [3.63, 3.8) is 0 Å². The van der Waals surface area contributed by atoms with Crippen LogP contribution < -0.4 is 31.1 Å². The molecule has 3 heterocycles. The van der Waals surface area contributed by atoms with Crippen LogP contribution in [0.5, 0.6) is 0 Å². The van der Waals surface area contributed by atoms with Crippen LogP contribution in [0.2, 0.25) is 0 Å². The Hall–Kier alpha value is -3.80. The van der Waals surface area contributed by atoms with Crippen LogP contribution in [0.25, 0.3) is 12.2 Å². The van der Waals surface area contributed by atoms with Crippen LogP contribution in [0.15, 0.2) is 52.2 Å². The highest BCUT2D eigenvalue weighted by Crippen LogP contribution is 2.33. The van der Waals surface area contributed by atoms with Crippen molar-refractivity contribution in [1.29, 1.82) is 0 Å². The van der Waals surface area contributed by atoms with Gasteiger partial charge in [-0.25, -0.2) is 27.5 Å². The van der Waals surface area contributed by atoms with Gasteiger partial charge in [-0.05, 0) is 56.4 Å². The molecule has 1 N–H and O–H groups in total. The summed E-state index contributed by atoms with van der Waals surface area (Å²) < 4.78 is 62.0. The topological polar surface area (TPSA) is 66.3 Å². The Kier molecular flexibility index (Phi) is 9.89. The lowest BCUT2D eigenvalue weighted by atomic mass is 9.89. The number of aryl methyl sites for hydroxylation is 1. The third kappa shape index (κ3) is 6.58. The van der Waals surface area contributed by atoms with Gasteiger partial charge in [0.05, 0.1) is 23.6 Å². The number of aromatic nitrogens is 3. The Morgan fingerprint density at radius 1 is 1.16 bits per heavy atom. The first-order valence-electron chi connectivity index (χ1n) is 13.9. The summed E-state index contributed by atoms with van der Waals surface area (Å²) in [6.45, 7) is 9.33. The van der Waals surface area contributed by atoms with E-state index < -0.39 is 35.2 Å². The minimum Gasteiger partial charge on any atom is -0.372 e. The second-order valence-electron chi connectivity index (χ2n) is 10.6. The molecule has 0 spiro atoms. The molecule has 1 aliphatic heterocycles. The molecule has 1 saturated heterocycles. The second kappa shape index (κ2) is 13.2. The Morgan fingerprint density at radius 3 is 2.37 bits per heavy atom. The molecule has 12 heteroatoms. The summed E-state index contributed by atoms with van der Waals surface area (Å²) in [7, 11) is 1.46. The number of thioether (sulfide) groups is 1. The molecule has 1 aromatic carbocycles. The summed E-state index contributed by atoms with van der Waals surface area (Å²) in [6.07, 6.45) is 6.23. The first kappa shape index (κ1) is 32.1. The van der Waals surface area contributed by atoms with Crippen LogP contribution in [0, 0.1) is 18.6 Å². The Labute approximate surface area is 252 Å². The molecule has 0 radical (unpaired) electrons. The molecule has 1 fully saturated rings. The van der Waals surface area contributed by atoms with Crippen molar-refractivity contribution in [3.05, 3.63) is 80.7 Å². The van der Waals surface area contributed by atoms with Gasteiger partial charge in [-0.3, -0.25) is 9.36 Å². The van der Waals surface area contributed by atoms with E-state index in [0.717, 1.165) is 11.8 Å². The van der Waals surface area contributed by atoms with Crippen LogP contribution in [-0.4, -0.2) is 59.2 Å². The largest absolute Gasteiger partial charge is 0.372 e. The molecule has 4 rings (SSSR count). The van der Waals surface area contributed by atoms with E-state index in [1.165, 1.54) is 48.5 Å². The number of anilines is 3. The van der Waals surface area contributed by atoms with Crippen LogP contribution in [0.4, 0.5) is 34.8 Å². The van der Waals surface area contributed by atoms with E-state index >= 15 is 8.78 Å². The number of rotatable bonds is 9. The zero-order valence-electron chi connectivity index (χ0n) is 25.0. The number of halogens is 4. The fraction of sp³-hybridized carbons (Fsp3) is 0.387. The summed E-state index contributed by atoms with van der Waals surface area (Å²) in [5, 5.41) is 2.56. The van der Waals surface area contributed by atoms with Crippen molar-refractivity contribution in [2.45, 2.75) is 37.6 Å². The quantitative estimate of drug-likeness (QED) is 0.281. The number of nitrogens with one attached hydrogen (secondary N) is 1. The molecule has 0 saturated carbocycles. The number of hydrogen-bond acceptors (Lipinski definition) is 7. The number of piperazine rings is 1. The van der Waals surface area contributed by atoms with Gasteiger partial charge >= 0.3 is 0 Å². The van der Waals surface area contributed by atoms with Crippen LogP contribution in [-0.2, 0) is 7.05 Å². The van der Waals surface area contributed by atoms with E-state index in [1.807, 2.05) is 0 Å². The summed E-state index contributed by atoms with van der Waals surface area (Å²) in [6, 6.07) is 3.96. The highest BCUT2D eigenvalue weighted by molar-refractivity contribution is 7.98. The molecule has 230 valence electrons. The maximum absolute atomic E-state index is 16.8. The molecular formula is C31H36F4N6OS. The second-order valence-corrected chi connectivity index (χ2v) is 11.5. The Balaban J connectivity index is 1.89. The zero-order valence-corrected chi connectivity index (χ0v) is 25.8. The Morgan fingerprint density at radius 2 is 1.79 bits per heavy atom. The summed E-state index contributed by atoms with van der Waals surface area (Å²) in [4.78, 5) is 26.3. The lowest BCUT2D eigenvalue weighted by molar-refractivity contribution is 0.409. The van der Waals surface area contributed by atoms with Gasteiger partial charge in [0.1, 0.15) is 30.0 Å². The standard InChI is InChI=1S/C31H36F4N6OS/c1-7-21(33)14-24(31(4,18-32)38-25-9-8-22(34)15-26(25)43-6)27-19(2)30(42)39(5)29(28(27)35)41-12-10-40(11-13-41)23-16-36-20(3)37-17-23/h8-9,14-17,38H,2,7,10-13,18H2,1,3-6H3/b21-14+,27-24-/t31-/m1/s1. The van der Waals surface area contributed by atoms with E-state index in [9.17, 15) is 13.6 Å². The van der Waals surface area contributed by atoms with Crippen LogP contribution in [0.3, 0.4) is 0 Å². The SMILES string of the molecule is C=c1c(=O)n(C)c(N2CCN(c3cnc(C)nc3)CC2)c(F)/c1=C(/C=C(/F)CC)[C@@](C)(CF)Nc1ccc(F)cc1SC. The molecular weight excluding hydrogens is 580 g/mol. The molecule has 0 unspecified atom stereocenters. The summed E-state index contributed by atoms with van der Waals surface area (Å²) >= 11 is 1.24. The smallest absolute Gasteiger partial charge is 0.259 e. The highest BCUT2D eigenvalue weighted by atomic mass is 32.2. The van der Waals surface area contributed by atoms with Crippen molar-refractivity contribution < 1.29 is 17.6 Å². The van der Waals surface area contributed by atoms with E-state index in [0.29, 0.717) is 42.6 Å². The third-order valence-electron chi connectivity index (χ3n) is 7.65. The van der Waals surface area contributed by atoms with Crippen molar-refractivity contribution in [2.75, 3.05) is 54.2 Å². The van der Waals surface area contributed by atoms with Crippen molar-refractivity contribution in [1.82, 2.24) is 14.5 Å². The summed E-state index contributed by atoms with van der Waals surface area (Å²) in [5.74, 6) is -1.26. The number of nitrogens with zero attached hydrogens (tertiary/aromatic N) is 5. The van der Waals surface area contributed by atoms with Gasteiger partial charge in [0.25, 0.3) is 5.56 Å². The Bertz CT molecular complexity index is 1690. The molecule has 43 heavy (non-hydrogen) atoms. The number of hydrogen-bond donors (Lipinski definition) is 1. The molecule has 7 nitrogen and oxygen atoms in total. The third-order valence-corrected chi connectivity index (χ3v) is 8.43. The van der Waals surface area contributed by atoms with E-state index in [4.69, 9.17) is 0 Å². The maximum atomic E-state index is 16.8. The molecule has 1 aliphatic rings. The lowest BCUT2D eigenvalue weighted by Crippen LogP contribution is -2.54. The molecule has 0 amide bonds. The molecule has 0 aliphatic carbocycles. The van der Waals surface area contributed by atoms with Crippen molar-refractivity contribution in [3.8, 4) is 0 Å². The predicted octanol–water partition coefficient (Wildman–Crippen LogP) is 4.48. The van der Waals surface area contributed by atoms with Gasteiger partial charge in [-0.2, -0.15) is 0 Å². The number of pyridine rings is 1. The average Bonchev–Trinajstić information content (AvgIpc) is 3.01. The zero-order chi connectivity index (χ0) is 31.5. The van der Waals surface area contributed by atoms with E-state index in [2.05, 4.69) is 26.8 Å². The van der Waals surface area contributed by atoms with E-state index in [-0.39, 0.29) is 28.2 Å². The minimum atomic E-state index is -1.71. The maximum Gasteiger partial charge on any atom is 0.259 e. The molecule has 3 aromatic rings.